The van der Waals surface area contributed by atoms with Gasteiger partial charge >= 0.3 is 0 Å². The average molecular weight is 582 g/mol. The first-order valence-corrected chi connectivity index (χ1v) is 14.8. The minimum absolute atomic E-state index is 0.0846. The maximum absolute atomic E-state index is 12.2. The number of fused-ring (bicyclic) bond motifs is 1. The summed E-state index contributed by atoms with van der Waals surface area (Å²) < 4.78 is 18.3. The summed E-state index contributed by atoms with van der Waals surface area (Å²) in [6.07, 6.45) is 0. The summed E-state index contributed by atoms with van der Waals surface area (Å²) in [6.45, 7) is 10.1. The molecule has 0 saturated carbocycles. The third-order valence-electron chi connectivity index (χ3n) is 9.49. The average Bonchev–Trinajstić information content (AvgIpc) is 3.49. The summed E-state index contributed by atoms with van der Waals surface area (Å²) in [6, 6.07) is 28.9. The van der Waals surface area contributed by atoms with Gasteiger partial charge in [-0.05, 0) is 55.3 Å². The summed E-state index contributed by atoms with van der Waals surface area (Å²) in [5.41, 5.74) is 7.05. The van der Waals surface area contributed by atoms with Crippen molar-refractivity contribution in [1.29, 1.82) is 0 Å². The number of benzene rings is 4. The van der Waals surface area contributed by atoms with Crippen LogP contribution in [0.3, 0.4) is 0 Å². The molecule has 0 bridgehead atoms. The molecule has 0 aliphatic carbocycles. The van der Waals surface area contributed by atoms with Crippen LogP contribution in [0.5, 0.6) is 17.2 Å². The van der Waals surface area contributed by atoms with Crippen LogP contribution >= 0.6 is 0 Å². The van der Waals surface area contributed by atoms with E-state index in [1.165, 1.54) is 34.0 Å². The molecule has 43 heavy (non-hydrogen) atoms. The highest BCUT2D eigenvalue weighted by Crippen LogP contribution is 2.41. The fourth-order valence-corrected chi connectivity index (χ4v) is 6.83. The van der Waals surface area contributed by atoms with Gasteiger partial charge in [0, 0.05) is 11.1 Å². The molecule has 1 fully saturated rings. The number of hydrogen-bond acceptors (Lipinski definition) is 5. The third-order valence-corrected chi connectivity index (χ3v) is 9.49. The monoisotopic (exact) mass is 581 g/mol. The molecule has 8 nitrogen and oxygen atoms in total. The smallest absolute Gasteiger partial charge is 0.282 e. The van der Waals surface area contributed by atoms with Crippen LogP contribution in [0.4, 0.5) is 11.4 Å². The predicted octanol–water partition coefficient (Wildman–Crippen LogP) is 6.69. The Hall–Kier alpha value is -4.40. The number of nitrogens with zero attached hydrogens (tertiary/aromatic N) is 3. The molecule has 0 atom stereocenters. The van der Waals surface area contributed by atoms with Crippen LogP contribution in [0.15, 0.2) is 84.9 Å². The molecule has 2 aliphatic heterocycles. The van der Waals surface area contributed by atoms with Crippen molar-refractivity contribution in [1.82, 2.24) is 4.48 Å². The molecule has 1 saturated heterocycles. The number of quaternary nitrogens is 2. The number of piperazine rings is 1. The Morgan fingerprint density at radius 3 is 2.07 bits per heavy atom. The molecule has 2 aliphatic rings. The van der Waals surface area contributed by atoms with Gasteiger partial charge in [-0.1, -0.05) is 48.5 Å². The zero-order chi connectivity index (χ0) is 30.0. The van der Waals surface area contributed by atoms with Gasteiger partial charge < -0.3 is 18.7 Å². The van der Waals surface area contributed by atoms with Crippen LogP contribution in [0.1, 0.15) is 27.8 Å². The summed E-state index contributed by atoms with van der Waals surface area (Å²) in [5, 5.41) is 12.2. The number of methoxy groups -OCH3 is 1. The molecule has 4 aromatic carbocycles. The van der Waals surface area contributed by atoms with Crippen molar-refractivity contribution in [2.75, 3.05) is 40.1 Å². The van der Waals surface area contributed by atoms with Gasteiger partial charge in [0.15, 0.2) is 11.5 Å². The van der Waals surface area contributed by atoms with Crippen molar-refractivity contribution < 1.29 is 23.6 Å². The minimum atomic E-state index is -0.292. The van der Waals surface area contributed by atoms with Crippen molar-refractivity contribution >= 4 is 11.4 Å². The molecule has 0 spiro atoms. The molecule has 0 unspecified atom stereocenters. The van der Waals surface area contributed by atoms with E-state index in [2.05, 4.69) is 80.6 Å². The van der Waals surface area contributed by atoms with Gasteiger partial charge in [0.25, 0.3) is 5.69 Å². The van der Waals surface area contributed by atoms with Gasteiger partial charge in [-0.25, -0.2) is 0 Å². The highest BCUT2D eigenvalue weighted by Gasteiger charge is 2.45. The zero-order valence-electron chi connectivity index (χ0n) is 25.1. The molecule has 0 amide bonds. The van der Waals surface area contributed by atoms with E-state index in [0.29, 0.717) is 23.6 Å². The number of nitro benzene ring substituents is 1. The lowest BCUT2D eigenvalue weighted by atomic mass is 9.98. The molecule has 0 radical (unpaired) electrons. The topological polar surface area (TPSA) is 70.8 Å². The first-order valence-electron chi connectivity index (χ1n) is 14.8. The lowest BCUT2D eigenvalue weighted by Gasteiger charge is -2.50. The molecular formula is C35H39N3O5+2. The summed E-state index contributed by atoms with van der Waals surface area (Å²) in [7, 11) is 1.72. The Labute approximate surface area is 253 Å². The van der Waals surface area contributed by atoms with E-state index in [1.807, 2.05) is 12.1 Å². The predicted molar refractivity (Wildman–Crippen MR) is 167 cm³/mol. The van der Waals surface area contributed by atoms with Gasteiger partial charge in [0.05, 0.1) is 23.7 Å². The highest BCUT2D eigenvalue weighted by atomic mass is 16.7. The van der Waals surface area contributed by atoms with Gasteiger partial charge in [0.2, 0.25) is 6.79 Å². The largest absolute Gasteiger partial charge is 0.496 e. The Balaban J connectivity index is 1.38. The summed E-state index contributed by atoms with van der Waals surface area (Å²) in [4.78, 5) is 11.9. The maximum Gasteiger partial charge on any atom is 0.282 e. The highest BCUT2D eigenvalue weighted by molar-refractivity contribution is 5.55. The van der Waals surface area contributed by atoms with Crippen molar-refractivity contribution in [2.45, 2.75) is 33.5 Å². The molecule has 4 aromatic rings. The second-order valence-corrected chi connectivity index (χ2v) is 11.9. The fraction of sp³-hybridized carbons (Fsp3) is 0.314. The zero-order valence-corrected chi connectivity index (χ0v) is 25.1. The SMILES string of the molecule is COc1ccc(C[N+]2(c3ccccc3)CC[N+](Cc3ccccc3)(Cc3cc4c(cc3[N+](=O)[O-])OCO4)CC2)c(C)c1C. The van der Waals surface area contributed by atoms with Crippen molar-refractivity contribution in [3.05, 3.63) is 123 Å². The lowest BCUT2D eigenvalue weighted by molar-refractivity contribution is -0.957. The Morgan fingerprint density at radius 1 is 0.767 bits per heavy atom. The first kappa shape index (κ1) is 28.7. The van der Waals surface area contributed by atoms with E-state index in [-0.39, 0.29) is 17.4 Å². The Kier molecular flexibility index (Phi) is 7.81. The molecule has 0 aromatic heterocycles. The van der Waals surface area contributed by atoms with E-state index in [1.54, 1.807) is 7.11 Å². The van der Waals surface area contributed by atoms with E-state index < -0.39 is 0 Å². The molecule has 6 rings (SSSR count). The van der Waals surface area contributed by atoms with E-state index in [4.69, 9.17) is 14.2 Å². The second-order valence-electron chi connectivity index (χ2n) is 11.9. The standard InChI is InChI=1S/C35H39N3O5/c1-26-27(2)33(41-3)15-14-29(26)24-38(31-12-8-5-9-13-31)18-16-37(17-19-38,22-28-10-6-4-7-11-28)23-30-20-34-35(43-25-42-34)21-32(30)36(39)40/h4-15,20-21H,16-19,22-25H2,1-3H3/q+2. The number of nitro groups is 1. The van der Waals surface area contributed by atoms with Crippen molar-refractivity contribution in [2.24, 2.45) is 0 Å². The van der Waals surface area contributed by atoms with Crippen LogP contribution in [0, 0.1) is 24.0 Å². The van der Waals surface area contributed by atoms with Crippen molar-refractivity contribution in [3.8, 4) is 17.2 Å². The van der Waals surface area contributed by atoms with Crippen LogP contribution < -0.4 is 18.7 Å². The molecule has 8 heteroatoms. The number of ether oxygens (including phenoxy) is 3. The molecule has 0 N–H and O–H groups in total. The second kappa shape index (κ2) is 11.7. The van der Waals surface area contributed by atoms with Gasteiger partial charge in [-0.15, -0.1) is 0 Å². The van der Waals surface area contributed by atoms with Gasteiger partial charge in [0.1, 0.15) is 57.3 Å². The van der Waals surface area contributed by atoms with E-state index >= 15 is 0 Å². The van der Waals surface area contributed by atoms with Crippen LogP contribution in [0.2, 0.25) is 0 Å². The van der Waals surface area contributed by atoms with E-state index in [0.717, 1.165) is 54.0 Å². The normalized spacial score (nSPS) is 21.0. The van der Waals surface area contributed by atoms with Crippen LogP contribution in [0.25, 0.3) is 0 Å². The molecule has 2 heterocycles. The van der Waals surface area contributed by atoms with E-state index in [9.17, 15) is 10.1 Å². The Bertz CT molecular complexity index is 1620. The number of rotatable bonds is 9. The summed E-state index contributed by atoms with van der Waals surface area (Å²) in [5.74, 6) is 1.93. The summed E-state index contributed by atoms with van der Waals surface area (Å²) >= 11 is 0. The third kappa shape index (κ3) is 5.68. The quantitative estimate of drug-likeness (QED) is 0.125. The molecule has 222 valence electrons. The first-order chi connectivity index (χ1) is 20.8. The van der Waals surface area contributed by atoms with Crippen LogP contribution in [-0.2, 0) is 19.6 Å². The Morgan fingerprint density at radius 2 is 1.42 bits per heavy atom. The van der Waals surface area contributed by atoms with Gasteiger partial charge in [-0.2, -0.15) is 0 Å². The number of para-hydroxylation sites is 1. The number of hydrogen-bond donors (Lipinski definition) is 0. The van der Waals surface area contributed by atoms with Crippen molar-refractivity contribution in [3.63, 3.8) is 0 Å². The van der Waals surface area contributed by atoms with Crippen LogP contribution in [-0.4, -0.2) is 49.5 Å². The minimum Gasteiger partial charge on any atom is -0.496 e. The van der Waals surface area contributed by atoms with Gasteiger partial charge in [-0.3, -0.25) is 14.6 Å². The maximum atomic E-state index is 12.2. The fourth-order valence-electron chi connectivity index (χ4n) is 6.83. The molecular weight excluding hydrogens is 542 g/mol. The lowest BCUT2D eigenvalue weighted by Crippen LogP contribution is -2.66.